The van der Waals surface area contributed by atoms with Crippen LogP contribution in [0.1, 0.15) is 39.3 Å². The Morgan fingerprint density at radius 1 is 1.15 bits per heavy atom. The number of carbonyl (C=O) groups excluding carboxylic acids is 2. The molecule has 3 N–H and O–H groups in total. The molecule has 0 bridgehead atoms. The van der Waals surface area contributed by atoms with Crippen LogP contribution in [0.25, 0.3) is 10.9 Å². The van der Waals surface area contributed by atoms with E-state index < -0.39 is 17.5 Å². The molecule has 132 valence electrons. The zero-order valence-corrected chi connectivity index (χ0v) is 13.8. The third kappa shape index (κ3) is 2.71. The van der Waals surface area contributed by atoms with Crippen LogP contribution in [0.5, 0.6) is 0 Å². The molecule has 1 aromatic heterocycles. The number of H-pyrrole nitrogens is 1. The number of aromatic nitrogens is 1. The van der Waals surface area contributed by atoms with Gasteiger partial charge in [-0.3, -0.25) is 9.59 Å². The summed E-state index contributed by atoms with van der Waals surface area (Å²) in [4.78, 5) is 27.6. The van der Waals surface area contributed by atoms with Gasteiger partial charge in [0.15, 0.2) is 0 Å². The Kier molecular flexibility index (Phi) is 3.72. The van der Waals surface area contributed by atoms with Gasteiger partial charge in [-0.1, -0.05) is 6.92 Å². The Morgan fingerprint density at radius 3 is 2.62 bits per heavy atom. The Balaban J connectivity index is 1.72. The van der Waals surface area contributed by atoms with Gasteiger partial charge in [-0.05, 0) is 35.9 Å². The SMILES string of the molecule is CC1CNC(=O)c2[nH]c3ccc(C(=O)Nc4cc(F)cc(F)c4)cc3c21. The fourth-order valence-corrected chi connectivity index (χ4v) is 3.31. The van der Waals surface area contributed by atoms with Gasteiger partial charge in [-0.2, -0.15) is 0 Å². The molecule has 2 heterocycles. The van der Waals surface area contributed by atoms with E-state index in [0.29, 0.717) is 17.8 Å². The maximum Gasteiger partial charge on any atom is 0.268 e. The highest BCUT2D eigenvalue weighted by Crippen LogP contribution is 2.32. The van der Waals surface area contributed by atoms with Crippen molar-refractivity contribution < 1.29 is 18.4 Å². The molecule has 2 amide bonds. The molecule has 26 heavy (non-hydrogen) atoms. The van der Waals surface area contributed by atoms with Crippen molar-refractivity contribution >= 4 is 28.4 Å². The Labute approximate surface area is 147 Å². The molecule has 1 aliphatic heterocycles. The van der Waals surface area contributed by atoms with Gasteiger partial charge >= 0.3 is 0 Å². The van der Waals surface area contributed by atoms with E-state index in [4.69, 9.17) is 0 Å². The summed E-state index contributed by atoms with van der Waals surface area (Å²) in [6, 6.07) is 7.83. The van der Waals surface area contributed by atoms with Crippen molar-refractivity contribution in [1.29, 1.82) is 0 Å². The van der Waals surface area contributed by atoms with Crippen molar-refractivity contribution in [2.24, 2.45) is 0 Å². The largest absolute Gasteiger partial charge is 0.350 e. The lowest BCUT2D eigenvalue weighted by atomic mass is 9.93. The van der Waals surface area contributed by atoms with Gasteiger partial charge < -0.3 is 15.6 Å². The van der Waals surface area contributed by atoms with Gasteiger partial charge in [0.05, 0.1) is 0 Å². The van der Waals surface area contributed by atoms with Crippen molar-refractivity contribution in [3.05, 3.63) is 64.9 Å². The first kappa shape index (κ1) is 16.3. The summed E-state index contributed by atoms with van der Waals surface area (Å²) < 4.78 is 26.6. The zero-order chi connectivity index (χ0) is 18.4. The van der Waals surface area contributed by atoms with E-state index >= 15 is 0 Å². The molecule has 0 saturated carbocycles. The second-order valence-corrected chi connectivity index (χ2v) is 6.40. The highest BCUT2D eigenvalue weighted by Gasteiger charge is 2.27. The van der Waals surface area contributed by atoms with Crippen molar-refractivity contribution in [2.75, 3.05) is 11.9 Å². The van der Waals surface area contributed by atoms with Gasteiger partial charge in [-0.15, -0.1) is 0 Å². The Morgan fingerprint density at radius 2 is 1.88 bits per heavy atom. The van der Waals surface area contributed by atoms with Crippen molar-refractivity contribution in [2.45, 2.75) is 12.8 Å². The number of amides is 2. The predicted octanol–water partition coefficient (Wildman–Crippen LogP) is 3.55. The lowest BCUT2D eigenvalue weighted by Gasteiger charge is -2.19. The van der Waals surface area contributed by atoms with Crippen molar-refractivity contribution in [1.82, 2.24) is 10.3 Å². The smallest absolute Gasteiger partial charge is 0.268 e. The molecular formula is C19H15F2N3O2. The second kappa shape index (κ2) is 5.94. The van der Waals surface area contributed by atoms with E-state index in [1.807, 2.05) is 6.92 Å². The van der Waals surface area contributed by atoms with Crippen LogP contribution in [0.3, 0.4) is 0 Å². The number of rotatable bonds is 2. The quantitative estimate of drug-likeness (QED) is 0.658. The van der Waals surface area contributed by atoms with Crippen LogP contribution in [-0.2, 0) is 0 Å². The number of hydrogen-bond donors (Lipinski definition) is 3. The molecule has 7 heteroatoms. The van der Waals surface area contributed by atoms with Crippen LogP contribution in [-0.4, -0.2) is 23.3 Å². The molecule has 2 aromatic carbocycles. The predicted molar refractivity (Wildman–Crippen MR) is 93.4 cm³/mol. The standard InChI is InChI=1S/C19H15F2N3O2/c1-9-8-22-19(26)17-16(9)14-4-10(2-3-15(14)24-17)18(25)23-13-6-11(20)5-12(21)7-13/h2-7,9,24H,8H2,1H3,(H,22,26)(H,23,25). The minimum atomic E-state index is -0.768. The number of carbonyl (C=O) groups is 2. The summed E-state index contributed by atoms with van der Waals surface area (Å²) >= 11 is 0. The van der Waals surface area contributed by atoms with Crippen molar-refractivity contribution in [3.63, 3.8) is 0 Å². The minimum absolute atomic E-state index is 0.0384. The number of anilines is 1. The average molecular weight is 355 g/mol. The van der Waals surface area contributed by atoms with E-state index in [-0.39, 0.29) is 17.5 Å². The molecule has 4 rings (SSSR count). The topological polar surface area (TPSA) is 74.0 Å². The Hall–Kier alpha value is -3.22. The molecule has 0 aliphatic carbocycles. The highest BCUT2D eigenvalue weighted by molar-refractivity contribution is 6.08. The van der Waals surface area contributed by atoms with Crippen molar-refractivity contribution in [3.8, 4) is 0 Å². The third-order valence-electron chi connectivity index (χ3n) is 4.51. The maximum atomic E-state index is 13.3. The number of nitrogens with one attached hydrogen (secondary N) is 3. The molecule has 0 spiro atoms. The Bertz CT molecular complexity index is 1040. The molecular weight excluding hydrogens is 340 g/mol. The lowest BCUT2D eigenvalue weighted by molar-refractivity contribution is 0.0936. The number of halogens is 2. The molecule has 0 fully saturated rings. The first-order valence-electron chi connectivity index (χ1n) is 8.13. The van der Waals surface area contributed by atoms with Gasteiger partial charge in [0.25, 0.3) is 11.8 Å². The first-order valence-corrected chi connectivity index (χ1v) is 8.13. The molecule has 1 atom stereocenters. The van der Waals surface area contributed by atoms with Crippen LogP contribution in [0, 0.1) is 11.6 Å². The third-order valence-corrected chi connectivity index (χ3v) is 4.51. The van der Waals surface area contributed by atoms with Crippen LogP contribution in [0.4, 0.5) is 14.5 Å². The summed E-state index contributed by atoms with van der Waals surface area (Å²) in [6.45, 7) is 2.52. The molecule has 1 unspecified atom stereocenters. The minimum Gasteiger partial charge on any atom is -0.350 e. The van der Waals surface area contributed by atoms with Crippen LogP contribution >= 0.6 is 0 Å². The summed E-state index contributed by atoms with van der Waals surface area (Å²) in [7, 11) is 0. The van der Waals surface area contributed by atoms with Crippen LogP contribution in [0.15, 0.2) is 36.4 Å². The zero-order valence-electron chi connectivity index (χ0n) is 13.8. The number of benzene rings is 2. The van der Waals surface area contributed by atoms with E-state index in [1.54, 1.807) is 18.2 Å². The summed E-state index contributed by atoms with van der Waals surface area (Å²) in [5.41, 5.74) is 2.50. The number of fused-ring (bicyclic) bond motifs is 3. The molecule has 1 aliphatic rings. The average Bonchev–Trinajstić information content (AvgIpc) is 2.97. The normalized spacial score (nSPS) is 16.3. The van der Waals surface area contributed by atoms with E-state index in [0.717, 1.165) is 34.7 Å². The molecule has 3 aromatic rings. The fraction of sp³-hybridized carbons (Fsp3) is 0.158. The van der Waals surface area contributed by atoms with E-state index in [2.05, 4.69) is 15.6 Å². The first-order chi connectivity index (χ1) is 12.4. The lowest BCUT2D eigenvalue weighted by Crippen LogP contribution is -2.33. The monoisotopic (exact) mass is 355 g/mol. The highest BCUT2D eigenvalue weighted by atomic mass is 19.1. The summed E-state index contributed by atoms with van der Waals surface area (Å²) in [6.07, 6.45) is 0. The second-order valence-electron chi connectivity index (χ2n) is 6.40. The molecule has 0 radical (unpaired) electrons. The van der Waals surface area contributed by atoms with E-state index in [1.165, 1.54) is 0 Å². The van der Waals surface area contributed by atoms with Crippen LogP contribution in [0.2, 0.25) is 0 Å². The van der Waals surface area contributed by atoms with E-state index in [9.17, 15) is 18.4 Å². The van der Waals surface area contributed by atoms with Gasteiger partial charge in [-0.25, -0.2) is 8.78 Å². The van der Waals surface area contributed by atoms with Gasteiger partial charge in [0, 0.05) is 40.7 Å². The summed E-state index contributed by atoms with van der Waals surface area (Å²) in [5.74, 6) is -2.09. The molecule has 0 saturated heterocycles. The van der Waals surface area contributed by atoms with Crippen LogP contribution < -0.4 is 10.6 Å². The number of hydrogen-bond acceptors (Lipinski definition) is 2. The number of aromatic amines is 1. The molecule has 5 nitrogen and oxygen atoms in total. The summed E-state index contributed by atoms with van der Waals surface area (Å²) in [5, 5.41) is 6.09. The fourth-order valence-electron chi connectivity index (χ4n) is 3.31. The van der Waals surface area contributed by atoms with Gasteiger partial charge in [0.1, 0.15) is 17.3 Å². The maximum absolute atomic E-state index is 13.3. The van der Waals surface area contributed by atoms with Gasteiger partial charge in [0.2, 0.25) is 0 Å².